The smallest absolute Gasteiger partial charge is 0.222 e. The molecule has 4 heteroatoms. The first-order chi connectivity index (χ1) is 8.56. The molecule has 0 aliphatic heterocycles. The van der Waals surface area contributed by atoms with Crippen molar-refractivity contribution in [2.24, 2.45) is 0 Å². The third-order valence-electron chi connectivity index (χ3n) is 2.42. The lowest BCUT2D eigenvalue weighted by molar-refractivity contribution is 0.242. The molecule has 0 amide bonds. The maximum atomic E-state index is 5.84. The van der Waals surface area contributed by atoms with Gasteiger partial charge >= 0.3 is 0 Å². The second-order valence-corrected chi connectivity index (χ2v) is 4.70. The number of halogens is 1. The molecule has 18 heavy (non-hydrogen) atoms. The summed E-state index contributed by atoms with van der Waals surface area (Å²) >= 11 is 5.84. The first-order valence-electron chi connectivity index (χ1n) is 5.82. The molecular formula is C14H15ClN2O. The molecule has 1 heterocycles. The molecule has 0 aliphatic carbocycles. The van der Waals surface area contributed by atoms with Crippen LogP contribution in [0.5, 0.6) is 5.75 Å². The van der Waals surface area contributed by atoms with E-state index in [0.29, 0.717) is 0 Å². The fraction of sp³-hybridized carbons (Fsp3) is 0.286. The van der Waals surface area contributed by atoms with Crippen LogP contribution < -0.4 is 4.74 Å². The van der Waals surface area contributed by atoms with E-state index in [1.54, 1.807) is 6.20 Å². The van der Waals surface area contributed by atoms with E-state index in [1.165, 1.54) is 0 Å². The standard InChI is InChI=1S/C14H15ClN2O/c1-9(2)18-12-6-4-5-11(7-12)13-10(3)8-16-14(15)17-13/h4-9H,1-3H3. The summed E-state index contributed by atoms with van der Waals surface area (Å²) in [4.78, 5) is 8.22. The number of rotatable bonds is 3. The number of nitrogens with zero attached hydrogens (tertiary/aromatic N) is 2. The summed E-state index contributed by atoms with van der Waals surface area (Å²) in [5, 5.41) is 0.255. The zero-order valence-electron chi connectivity index (χ0n) is 10.6. The quantitative estimate of drug-likeness (QED) is 0.787. The molecule has 0 saturated carbocycles. The number of aryl methyl sites for hydroxylation is 1. The zero-order valence-corrected chi connectivity index (χ0v) is 11.4. The third kappa shape index (κ3) is 2.99. The SMILES string of the molecule is Cc1cnc(Cl)nc1-c1cccc(OC(C)C)c1. The van der Waals surface area contributed by atoms with Crippen LogP contribution in [0.15, 0.2) is 30.5 Å². The average molecular weight is 263 g/mol. The van der Waals surface area contributed by atoms with Gasteiger partial charge in [0.25, 0.3) is 0 Å². The van der Waals surface area contributed by atoms with Crippen LogP contribution >= 0.6 is 11.6 Å². The molecule has 3 nitrogen and oxygen atoms in total. The lowest BCUT2D eigenvalue weighted by atomic mass is 10.1. The van der Waals surface area contributed by atoms with Crippen LogP contribution in [0, 0.1) is 6.92 Å². The van der Waals surface area contributed by atoms with Gasteiger partial charge in [-0.05, 0) is 50.1 Å². The van der Waals surface area contributed by atoms with Crippen molar-refractivity contribution in [1.82, 2.24) is 9.97 Å². The summed E-state index contributed by atoms with van der Waals surface area (Å²) in [6.45, 7) is 5.96. The van der Waals surface area contributed by atoms with Crippen LogP contribution in [0.25, 0.3) is 11.3 Å². The predicted molar refractivity (Wildman–Crippen MR) is 73.0 cm³/mol. The van der Waals surface area contributed by atoms with Gasteiger partial charge in [0.15, 0.2) is 0 Å². The van der Waals surface area contributed by atoms with Gasteiger partial charge in [-0.1, -0.05) is 12.1 Å². The van der Waals surface area contributed by atoms with Gasteiger partial charge in [0, 0.05) is 11.8 Å². The summed E-state index contributed by atoms with van der Waals surface area (Å²) in [6.07, 6.45) is 1.87. The normalized spacial score (nSPS) is 10.7. The van der Waals surface area contributed by atoms with Crippen LogP contribution in [0.1, 0.15) is 19.4 Å². The van der Waals surface area contributed by atoms with E-state index in [2.05, 4.69) is 9.97 Å². The molecule has 0 aliphatic rings. The first-order valence-corrected chi connectivity index (χ1v) is 6.20. The Kier molecular flexibility index (Phi) is 3.82. The summed E-state index contributed by atoms with van der Waals surface area (Å²) in [5.74, 6) is 0.830. The van der Waals surface area contributed by atoms with Gasteiger partial charge in [0.1, 0.15) is 5.75 Å². The number of ether oxygens (including phenoxy) is 1. The van der Waals surface area contributed by atoms with Crippen molar-refractivity contribution in [2.75, 3.05) is 0 Å². The summed E-state index contributed by atoms with van der Waals surface area (Å²) in [5.41, 5.74) is 2.81. The highest BCUT2D eigenvalue weighted by Gasteiger charge is 2.07. The molecular weight excluding hydrogens is 248 g/mol. The van der Waals surface area contributed by atoms with E-state index in [0.717, 1.165) is 22.6 Å². The van der Waals surface area contributed by atoms with E-state index in [-0.39, 0.29) is 11.4 Å². The summed E-state index contributed by atoms with van der Waals surface area (Å²) in [7, 11) is 0. The predicted octanol–water partition coefficient (Wildman–Crippen LogP) is 3.89. The molecule has 2 aromatic rings. The second-order valence-electron chi connectivity index (χ2n) is 4.37. The molecule has 0 spiro atoms. The Morgan fingerprint density at radius 2 is 2.06 bits per heavy atom. The topological polar surface area (TPSA) is 35.0 Å². The number of hydrogen-bond donors (Lipinski definition) is 0. The lowest BCUT2D eigenvalue weighted by Crippen LogP contribution is -2.05. The van der Waals surface area contributed by atoms with E-state index in [9.17, 15) is 0 Å². The minimum Gasteiger partial charge on any atom is -0.491 e. The van der Waals surface area contributed by atoms with E-state index in [4.69, 9.17) is 16.3 Å². The van der Waals surface area contributed by atoms with Gasteiger partial charge in [-0.2, -0.15) is 0 Å². The van der Waals surface area contributed by atoms with Crippen molar-refractivity contribution in [3.63, 3.8) is 0 Å². The van der Waals surface area contributed by atoms with Gasteiger partial charge in [-0.25, -0.2) is 9.97 Å². The van der Waals surface area contributed by atoms with Crippen LogP contribution in [0.3, 0.4) is 0 Å². The number of aromatic nitrogens is 2. The van der Waals surface area contributed by atoms with Crippen molar-refractivity contribution < 1.29 is 4.74 Å². The largest absolute Gasteiger partial charge is 0.491 e. The molecule has 0 radical (unpaired) electrons. The molecule has 0 unspecified atom stereocenters. The van der Waals surface area contributed by atoms with Crippen LogP contribution in [0.2, 0.25) is 5.28 Å². The molecule has 0 saturated heterocycles. The van der Waals surface area contributed by atoms with E-state index < -0.39 is 0 Å². The lowest BCUT2D eigenvalue weighted by Gasteiger charge is -2.11. The maximum absolute atomic E-state index is 5.84. The minimum atomic E-state index is 0.148. The van der Waals surface area contributed by atoms with Crippen molar-refractivity contribution in [3.05, 3.63) is 41.3 Å². The van der Waals surface area contributed by atoms with Gasteiger partial charge in [0.2, 0.25) is 5.28 Å². The Morgan fingerprint density at radius 3 is 2.78 bits per heavy atom. The van der Waals surface area contributed by atoms with Crippen molar-refractivity contribution in [2.45, 2.75) is 26.9 Å². The van der Waals surface area contributed by atoms with E-state index >= 15 is 0 Å². The van der Waals surface area contributed by atoms with Crippen molar-refractivity contribution >= 4 is 11.6 Å². The molecule has 0 fully saturated rings. The first kappa shape index (κ1) is 12.8. The van der Waals surface area contributed by atoms with Gasteiger partial charge in [-0.15, -0.1) is 0 Å². The minimum absolute atomic E-state index is 0.148. The Balaban J connectivity index is 2.41. The van der Waals surface area contributed by atoms with Gasteiger partial charge in [-0.3, -0.25) is 0 Å². The van der Waals surface area contributed by atoms with Gasteiger partial charge < -0.3 is 4.74 Å². The Labute approximate surface area is 112 Å². The number of benzene rings is 1. The Morgan fingerprint density at radius 1 is 1.28 bits per heavy atom. The van der Waals surface area contributed by atoms with Crippen molar-refractivity contribution in [3.8, 4) is 17.0 Å². The van der Waals surface area contributed by atoms with E-state index in [1.807, 2.05) is 45.0 Å². The molecule has 2 rings (SSSR count). The average Bonchev–Trinajstić information content (AvgIpc) is 2.32. The van der Waals surface area contributed by atoms with Crippen LogP contribution in [-0.2, 0) is 0 Å². The summed E-state index contributed by atoms with van der Waals surface area (Å²) < 4.78 is 5.67. The highest BCUT2D eigenvalue weighted by Crippen LogP contribution is 2.25. The maximum Gasteiger partial charge on any atom is 0.222 e. The molecule has 0 bridgehead atoms. The molecule has 1 aromatic carbocycles. The fourth-order valence-corrected chi connectivity index (χ4v) is 1.83. The molecule has 0 N–H and O–H groups in total. The Hall–Kier alpha value is -1.61. The fourth-order valence-electron chi connectivity index (χ4n) is 1.70. The van der Waals surface area contributed by atoms with Crippen molar-refractivity contribution in [1.29, 1.82) is 0 Å². The molecule has 0 atom stereocenters. The zero-order chi connectivity index (χ0) is 13.1. The third-order valence-corrected chi connectivity index (χ3v) is 2.60. The second kappa shape index (κ2) is 5.36. The highest BCUT2D eigenvalue weighted by molar-refractivity contribution is 6.28. The van der Waals surface area contributed by atoms with Crippen LogP contribution in [-0.4, -0.2) is 16.1 Å². The summed E-state index contributed by atoms with van der Waals surface area (Å²) in [6, 6.07) is 7.83. The number of hydrogen-bond acceptors (Lipinski definition) is 3. The highest BCUT2D eigenvalue weighted by atomic mass is 35.5. The van der Waals surface area contributed by atoms with Gasteiger partial charge in [0.05, 0.1) is 11.8 Å². The molecule has 94 valence electrons. The van der Waals surface area contributed by atoms with Crippen LogP contribution in [0.4, 0.5) is 0 Å². The Bertz CT molecular complexity index is 555. The monoisotopic (exact) mass is 262 g/mol. The molecule has 1 aromatic heterocycles.